The van der Waals surface area contributed by atoms with Gasteiger partial charge in [-0.05, 0) is 48.7 Å². The number of primary amides is 1. The van der Waals surface area contributed by atoms with Crippen molar-refractivity contribution in [3.8, 4) is 0 Å². The van der Waals surface area contributed by atoms with Gasteiger partial charge in [-0.3, -0.25) is 4.79 Å². The van der Waals surface area contributed by atoms with E-state index in [2.05, 4.69) is 46.4 Å². The lowest BCUT2D eigenvalue weighted by molar-refractivity contribution is 0.1000. The van der Waals surface area contributed by atoms with Crippen LogP contribution in [0.1, 0.15) is 27.0 Å². The van der Waals surface area contributed by atoms with Crippen LogP contribution in [0.2, 0.25) is 0 Å². The van der Waals surface area contributed by atoms with E-state index in [9.17, 15) is 4.79 Å². The Morgan fingerprint density at radius 2 is 2.00 bits per heavy atom. The van der Waals surface area contributed by atoms with E-state index in [1.807, 2.05) is 19.1 Å². The number of amides is 1. The molecule has 0 spiro atoms. The SMILES string of the molecule is Cc1ccc(CNc2cccc(C(N)=O)c2C)c(Br)c1. The fraction of sp³-hybridized carbons (Fsp3) is 0.188. The Balaban J connectivity index is 2.19. The quantitative estimate of drug-likeness (QED) is 0.895. The van der Waals surface area contributed by atoms with Crippen LogP contribution in [0.4, 0.5) is 5.69 Å². The molecule has 0 aliphatic carbocycles. The molecule has 4 heteroatoms. The second-order valence-electron chi connectivity index (χ2n) is 4.79. The first-order valence-electron chi connectivity index (χ1n) is 6.37. The molecular formula is C16H17BrN2O. The zero-order valence-corrected chi connectivity index (χ0v) is 13.1. The molecule has 1 amide bonds. The highest BCUT2D eigenvalue weighted by Crippen LogP contribution is 2.22. The summed E-state index contributed by atoms with van der Waals surface area (Å²) in [6.45, 7) is 4.64. The van der Waals surface area contributed by atoms with Gasteiger partial charge in [0, 0.05) is 22.3 Å². The molecule has 2 aromatic carbocycles. The van der Waals surface area contributed by atoms with Gasteiger partial charge >= 0.3 is 0 Å². The number of rotatable bonds is 4. The maximum Gasteiger partial charge on any atom is 0.249 e. The van der Waals surface area contributed by atoms with Crippen molar-refractivity contribution in [2.24, 2.45) is 5.73 Å². The molecule has 3 nitrogen and oxygen atoms in total. The summed E-state index contributed by atoms with van der Waals surface area (Å²) in [6.07, 6.45) is 0. The summed E-state index contributed by atoms with van der Waals surface area (Å²) in [4.78, 5) is 11.3. The maximum absolute atomic E-state index is 11.3. The third kappa shape index (κ3) is 3.20. The van der Waals surface area contributed by atoms with Crippen LogP contribution in [0, 0.1) is 13.8 Å². The van der Waals surface area contributed by atoms with Gasteiger partial charge in [0.15, 0.2) is 0 Å². The Hall–Kier alpha value is -1.81. The van der Waals surface area contributed by atoms with Gasteiger partial charge in [-0.25, -0.2) is 0 Å². The van der Waals surface area contributed by atoms with Crippen LogP contribution < -0.4 is 11.1 Å². The van der Waals surface area contributed by atoms with Gasteiger partial charge in [0.2, 0.25) is 5.91 Å². The van der Waals surface area contributed by atoms with Crippen molar-refractivity contribution in [1.82, 2.24) is 0 Å². The second kappa shape index (κ2) is 6.09. The number of nitrogens with two attached hydrogens (primary N) is 1. The minimum atomic E-state index is -0.400. The molecule has 0 saturated carbocycles. The number of halogens is 1. The van der Waals surface area contributed by atoms with Crippen molar-refractivity contribution in [2.75, 3.05) is 5.32 Å². The average molecular weight is 333 g/mol. The van der Waals surface area contributed by atoms with Crippen molar-refractivity contribution in [3.63, 3.8) is 0 Å². The molecule has 20 heavy (non-hydrogen) atoms. The summed E-state index contributed by atoms with van der Waals surface area (Å²) in [5.41, 5.74) is 10.1. The predicted molar refractivity (Wildman–Crippen MR) is 85.9 cm³/mol. The summed E-state index contributed by atoms with van der Waals surface area (Å²) in [6, 6.07) is 11.8. The number of anilines is 1. The summed E-state index contributed by atoms with van der Waals surface area (Å²) in [7, 11) is 0. The highest BCUT2D eigenvalue weighted by atomic mass is 79.9. The normalized spacial score (nSPS) is 10.3. The predicted octanol–water partition coefficient (Wildman–Crippen LogP) is 3.78. The van der Waals surface area contributed by atoms with Crippen molar-refractivity contribution >= 4 is 27.5 Å². The highest BCUT2D eigenvalue weighted by molar-refractivity contribution is 9.10. The first kappa shape index (κ1) is 14.6. The van der Waals surface area contributed by atoms with Crippen LogP contribution in [0.3, 0.4) is 0 Å². The summed E-state index contributed by atoms with van der Waals surface area (Å²) in [5, 5.41) is 3.35. The Bertz CT molecular complexity index is 653. The molecular weight excluding hydrogens is 316 g/mol. The molecule has 0 heterocycles. The van der Waals surface area contributed by atoms with E-state index in [1.54, 1.807) is 6.07 Å². The molecule has 0 aromatic heterocycles. The number of carbonyl (C=O) groups is 1. The molecule has 0 saturated heterocycles. The molecule has 0 aliphatic rings. The van der Waals surface area contributed by atoms with E-state index < -0.39 is 5.91 Å². The van der Waals surface area contributed by atoms with Crippen molar-refractivity contribution in [2.45, 2.75) is 20.4 Å². The van der Waals surface area contributed by atoms with Crippen LogP contribution in [0.5, 0.6) is 0 Å². The third-order valence-corrected chi connectivity index (χ3v) is 4.02. The minimum absolute atomic E-state index is 0.400. The Morgan fingerprint density at radius 3 is 2.65 bits per heavy atom. The largest absolute Gasteiger partial charge is 0.381 e. The Morgan fingerprint density at radius 1 is 1.25 bits per heavy atom. The van der Waals surface area contributed by atoms with E-state index >= 15 is 0 Å². The number of hydrogen-bond acceptors (Lipinski definition) is 2. The molecule has 0 atom stereocenters. The van der Waals surface area contributed by atoms with Gasteiger partial charge in [0.1, 0.15) is 0 Å². The van der Waals surface area contributed by atoms with Gasteiger partial charge in [-0.1, -0.05) is 34.1 Å². The van der Waals surface area contributed by atoms with Gasteiger partial charge in [-0.15, -0.1) is 0 Å². The van der Waals surface area contributed by atoms with Gasteiger partial charge in [-0.2, -0.15) is 0 Å². The molecule has 0 unspecified atom stereocenters. The van der Waals surface area contributed by atoms with Crippen LogP contribution in [-0.4, -0.2) is 5.91 Å². The molecule has 3 N–H and O–H groups in total. The first-order chi connectivity index (χ1) is 9.49. The fourth-order valence-corrected chi connectivity index (χ4v) is 2.71. The number of hydrogen-bond donors (Lipinski definition) is 2. The molecule has 2 rings (SSSR count). The summed E-state index contributed by atoms with van der Waals surface area (Å²) >= 11 is 3.56. The summed E-state index contributed by atoms with van der Waals surface area (Å²) < 4.78 is 1.08. The van der Waals surface area contributed by atoms with Crippen molar-refractivity contribution in [1.29, 1.82) is 0 Å². The lowest BCUT2D eigenvalue weighted by atomic mass is 10.1. The molecule has 0 aliphatic heterocycles. The van der Waals surface area contributed by atoms with E-state index in [4.69, 9.17) is 5.73 Å². The Kier molecular flexibility index (Phi) is 4.45. The third-order valence-electron chi connectivity index (χ3n) is 3.28. The molecule has 104 valence electrons. The lowest BCUT2D eigenvalue weighted by Gasteiger charge is -2.13. The number of carbonyl (C=O) groups excluding carboxylic acids is 1. The topological polar surface area (TPSA) is 55.1 Å². The monoisotopic (exact) mass is 332 g/mol. The Labute approximate surface area is 127 Å². The molecule has 0 bridgehead atoms. The van der Waals surface area contributed by atoms with E-state index in [-0.39, 0.29) is 0 Å². The molecule has 0 fully saturated rings. The van der Waals surface area contributed by atoms with E-state index in [1.165, 1.54) is 11.1 Å². The first-order valence-corrected chi connectivity index (χ1v) is 7.16. The summed E-state index contributed by atoms with van der Waals surface area (Å²) in [5.74, 6) is -0.400. The van der Waals surface area contributed by atoms with E-state index in [0.717, 1.165) is 15.7 Å². The van der Waals surface area contributed by atoms with Gasteiger partial charge in [0.25, 0.3) is 0 Å². The standard InChI is InChI=1S/C16H17BrN2O/c1-10-6-7-12(14(17)8-10)9-19-15-5-3-4-13(11(15)2)16(18)20/h3-8,19H,9H2,1-2H3,(H2,18,20). The van der Waals surface area contributed by atoms with Crippen LogP contribution >= 0.6 is 15.9 Å². The second-order valence-corrected chi connectivity index (χ2v) is 5.65. The van der Waals surface area contributed by atoms with Crippen LogP contribution in [-0.2, 0) is 6.54 Å². The van der Waals surface area contributed by atoms with Crippen LogP contribution in [0.15, 0.2) is 40.9 Å². The highest BCUT2D eigenvalue weighted by Gasteiger charge is 2.08. The number of benzene rings is 2. The lowest BCUT2D eigenvalue weighted by Crippen LogP contribution is -2.14. The van der Waals surface area contributed by atoms with Crippen LogP contribution in [0.25, 0.3) is 0 Å². The van der Waals surface area contributed by atoms with Gasteiger partial charge in [0.05, 0.1) is 0 Å². The van der Waals surface area contributed by atoms with Crippen molar-refractivity contribution in [3.05, 3.63) is 63.1 Å². The molecule has 0 radical (unpaired) electrons. The minimum Gasteiger partial charge on any atom is -0.381 e. The van der Waals surface area contributed by atoms with E-state index in [0.29, 0.717) is 12.1 Å². The zero-order valence-electron chi connectivity index (χ0n) is 11.5. The van der Waals surface area contributed by atoms with Crippen molar-refractivity contribution < 1.29 is 4.79 Å². The molecule has 2 aromatic rings. The zero-order chi connectivity index (χ0) is 14.7. The number of aryl methyl sites for hydroxylation is 1. The maximum atomic E-state index is 11.3. The smallest absolute Gasteiger partial charge is 0.249 e. The van der Waals surface area contributed by atoms with Gasteiger partial charge < -0.3 is 11.1 Å². The average Bonchev–Trinajstić information content (AvgIpc) is 2.39. The fourth-order valence-electron chi connectivity index (χ4n) is 2.08. The number of nitrogens with one attached hydrogen (secondary N) is 1.